The van der Waals surface area contributed by atoms with Gasteiger partial charge in [-0.15, -0.1) is 28.1 Å². The summed E-state index contributed by atoms with van der Waals surface area (Å²) in [5, 5.41) is 12.4. The first-order chi connectivity index (χ1) is 16.3. The molecular weight excluding hydrogens is 498 g/mol. The first-order valence-corrected chi connectivity index (χ1v) is 12.3. The molecule has 0 saturated heterocycles. The molecule has 0 aliphatic carbocycles. The number of nitrogens with one attached hydrogen (secondary N) is 1. The van der Waals surface area contributed by atoms with Crippen LogP contribution in [0, 0.1) is 6.92 Å². The van der Waals surface area contributed by atoms with Crippen LogP contribution < -0.4 is 11.1 Å². The summed E-state index contributed by atoms with van der Waals surface area (Å²) in [6.45, 7) is 7.61. The number of carbonyl (C=O) groups is 3. The van der Waals surface area contributed by atoms with Gasteiger partial charge in [0.25, 0.3) is 5.91 Å². The Morgan fingerprint density at radius 3 is 2.76 bits per heavy atom. The highest BCUT2D eigenvalue weighted by Gasteiger charge is 2.26. The van der Waals surface area contributed by atoms with Crippen molar-refractivity contribution in [1.82, 2.24) is 14.8 Å². The van der Waals surface area contributed by atoms with Gasteiger partial charge in [0, 0.05) is 17.1 Å². The lowest BCUT2D eigenvalue weighted by Gasteiger charge is -2.09. The minimum atomic E-state index is -0.686. The lowest BCUT2D eigenvalue weighted by molar-refractivity contribution is -0.113. The number of carbonyl (C=O) groups excluding carboxylic acids is 3. The summed E-state index contributed by atoms with van der Waals surface area (Å²) in [7, 11) is 0. The molecule has 3 N–H and O–H groups in total. The van der Waals surface area contributed by atoms with E-state index in [4.69, 9.17) is 22.1 Å². The fourth-order valence-electron chi connectivity index (χ4n) is 3.11. The molecule has 34 heavy (non-hydrogen) atoms. The van der Waals surface area contributed by atoms with Gasteiger partial charge in [-0.3, -0.25) is 14.2 Å². The lowest BCUT2D eigenvalue weighted by atomic mass is 10.1. The van der Waals surface area contributed by atoms with Crippen LogP contribution in [0.5, 0.6) is 0 Å². The van der Waals surface area contributed by atoms with Gasteiger partial charge in [-0.2, -0.15) is 0 Å². The number of allylic oxidation sites excluding steroid dienone is 1. The third kappa shape index (κ3) is 5.66. The van der Waals surface area contributed by atoms with Gasteiger partial charge in [-0.1, -0.05) is 41.6 Å². The minimum Gasteiger partial charge on any atom is -0.462 e. The number of nitrogens with two attached hydrogens (primary N) is 1. The number of benzene rings is 1. The number of rotatable bonds is 10. The number of ether oxygens (including phenoxy) is 1. The van der Waals surface area contributed by atoms with E-state index in [1.54, 1.807) is 32.1 Å². The zero-order valence-electron chi connectivity index (χ0n) is 18.5. The number of hydrogen-bond donors (Lipinski definition) is 2. The molecule has 2 amide bonds. The van der Waals surface area contributed by atoms with Gasteiger partial charge in [0.15, 0.2) is 11.0 Å². The Hall–Kier alpha value is -3.15. The Labute approximate surface area is 209 Å². The van der Waals surface area contributed by atoms with E-state index in [2.05, 4.69) is 22.1 Å². The van der Waals surface area contributed by atoms with E-state index in [0.29, 0.717) is 28.1 Å². The third-order valence-electron chi connectivity index (χ3n) is 4.55. The Balaban J connectivity index is 1.79. The molecule has 0 saturated carbocycles. The number of halogens is 1. The normalized spacial score (nSPS) is 10.7. The molecule has 0 aliphatic rings. The van der Waals surface area contributed by atoms with Crippen LogP contribution in [-0.2, 0) is 16.1 Å². The summed E-state index contributed by atoms with van der Waals surface area (Å²) in [5.41, 5.74) is 6.69. The average molecular weight is 520 g/mol. The highest BCUT2D eigenvalue weighted by atomic mass is 35.5. The van der Waals surface area contributed by atoms with Gasteiger partial charge < -0.3 is 15.8 Å². The molecule has 2 aromatic heterocycles. The van der Waals surface area contributed by atoms with Crippen LogP contribution >= 0.6 is 34.7 Å². The molecule has 3 rings (SSSR count). The molecule has 1 aromatic carbocycles. The lowest BCUT2D eigenvalue weighted by Crippen LogP contribution is -2.17. The first kappa shape index (κ1) is 25.5. The molecule has 0 bridgehead atoms. The second kappa shape index (κ2) is 11.3. The smallest absolute Gasteiger partial charge is 0.341 e. The SMILES string of the molecule is C=CCn1c(SCC(=O)Nc2sc(C(N)=O)c(C)c2C(=O)OCC)nnc1-c1cccc(Cl)c1. The van der Waals surface area contributed by atoms with Crippen molar-refractivity contribution in [3.63, 3.8) is 0 Å². The van der Waals surface area contributed by atoms with E-state index >= 15 is 0 Å². The molecule has 12 heteroatoms. The summed E-state index contributed by atoms with van der Waals surface area (Å²) >= 11 is 8.21. The predicted octanol–water partition coefficient (Wildman–Crippen LogP) is 4.16. The van der Waals surface area contributed by atoms with Crippen LogP contribution in [0.15, 0.2) is 42.1 Å². The Morgan fingerprint density at radius 1 is 1.35 bits per heavy atom. The highest BCUT2D eigenvalue weighted by molar-refractivity contribution is 7.99. The first-order valence-electron chi connectivity index (χ1n) is 10.1. The van der Waals surface area contributed by atoms with Crippen LogP contribution in [0.1, 0.15) is 32.5 Å². The van der Waals surface area contributed by atoms with Crippen molar-refractivity contribution in [3.8, 4) is 11.4 Å². The van der Waals surface area contributed by atoms with Gasteiger partial charge >= 0.3 is 5.97 Å². The van der Waals surface area contributed by atoms with Crippen molar-refractivity contribution in [2.24, 2.45) is 5.73 Å². The number of thiophene rings is 1. The van der Waals surface area contributed by atoms with Crippen molar-refractivity contribution in [2.45, 2.75) is 25.5 Å². The summed E-state index contributed by atoms with van der Waals surface area (Å²) in [4.78, 5) is 37.0. The van der Waals surface area contributed by atoms with E-state index in [-0.39, 0.29) is 27.8 Å². The Kier molecular flexibility index (Phi) is 8.48. The molecular formula is C22H22ClN5O4S2. The largest absolute Gasteiger partial charge is 0.462 e. The number of thioether (sulfide) groups is 1. The van der Waals surface area contributed by atoms with E-state index < -0.39 is 17.8 Å². The van der Waals surface area contributed by atoms with E-state index in [0.717, 1.165) is 16.9 Å². The van der Waals surface area contributed by atoms with Gasteiger partial charge in [-0.05, 0) is 31.5 Å². The van der Waals surface area contributed by atoms with E-state index in [1.165, 1.54) is 11.8 Å². The van der Waals surface area contributed by atoms with Crippen LogP contribution in [-0.4, -0.2) is 44.9 Å². The average Bonchev–Trinajstić information content (AvgIpc) is 3.33. The number of nitrogens with zero attached hydrogens (tertiary/aromatic N) is 3. The quantitative estimate of drug-likeness (QED) is 0.234. The summed E-state index contributed by atoms with van der Waals surface area (Å²) < 4.78 is 6.89. The summed E-state index contributed by atoms with van der Waals surface area (Å²) in [6.07, 6.45) is 1.70. The number of aromatic nitrogens is 3. The Morgan fingerprint density at radius 2 is 2.12 bits per heavy atom. The van der Waals surface area contributed by atoms with Gasteiger partial charge in [0.05, 0.1) is 22.8 Å². The fourth-order valence-corrected chi connectivity index (χ4v) is 5.11. The summed E-state index contributed by atoms with van der Waals surface area (Å²) in [5.74, 6) is -1.14. The van der Waals surface area contributed by atoms with Gasteiger partial charge in [-0.25, -0.2) is 4.79 Å². The number of hydrogen-bond acceptors (Lipinski definition) is 8. The third-order valence-corrected chi connectivity index (χ3v) is 6.97. The van der Waals surface area contributed by atoms with E-state index in [9.17, 15) is 14.4 Å². The predicted molar refractivity (Wildman–Crippen MR) is 134 cm³/mol. The van der Waals surface area contributed by atoms with Crippen molar-refractivity contribution in [3.05, 3.63) is 57.9 Å². The molecule has 178 valence electrons. The van der Waals surface area contributed by atoms with Crippen molar-refractivity contribution in [1.29, 1.82) is 0 Å². The minimum absolute atomic E-state index is 0.0179. The molecule has 9 nitrogen and oxygen atoms in total. The van der Waals surface area contributed by atoms with E-state index in [1.807, 2.05) is 16.7 Å². The maximum absolute atomic E-state index is 12.7. The zero-order valence-corrected chi connectivity index (χ0v) is 20.9. The molecule has 0 unspecified atom stereocenters. The fraction of sp³-hybridized carbons (Fsp3) is 0.227. The molecule has 2 heterocycles. The second-order valence-electron chi connectivity index (χ2n) is 6.90. The van der Waals surface area contributed by atoms with Crippen LogP contribution in [0.25, 0.3) is 11.4 Å². The van der Waals surface area contributed by atoms with Crippen LogP contribution in [0.4, 0.5) is 5.00 Å². The zero-order chi connectivity index (χ0) is 24.8. The van der Waals surface area contributed by atoms with Gasteiger partial charge in [0.2, 0.25) is 5.91 Å². The number of amides is 2. The monoisotopic (exact) mass is 519 g/mol. The topological polar surface area (TPSA) is 129 Å². The van der Waals surface area contributed by atoms with Gasteiger partial charge in [0.1, 0.15) is 5.00 Å². The Bertz CT molecular complexity index is 1250. The molecule has 0 spiro atoms. The summed E-state index contributed by atoms with van der Waals surface area (Å²) in [6, 6.07) is 7.22. The van der Waals surface area contributed by atoms with Crippen molar-refractivity contribution < 1.29 is 19.1 Å². The van der Waals surface area contributed by atoms with Crippen molar-refractivity contribution in [2.75, 3.05) is 17.7 Å². The highest BCUT2D eigenvalue weighted by Crippen LogP contribution is 2.34. The molecule has 0 fully saturated rings. The number of anilines is 1. The molecule has 0 atom stereocenters. The number of primary amides is 1. The maximum Gasteiger partial charge on any atom is 0.341 e. The molecule has 3 aromatic rings. The van der Waals surface area contributed by atoms with Crippen LogP contribution in [0.2, 0.25) is 5.02 Å². The van der Waals surface area contributed by atoms with Crippen molar-refractivity contribution >= 4 is 57.5 Å². The molecule has 0 radical (unpaired) electrons. The molecule has 0 aliphatic heterocycles. The number of esters is 1. The standard InChI is InChI=1S/C22H22ClN5O4S2/c1-4-9-28-19(13-7-6-8-14(23)10-13)26-27-22(28)33-11-15(29)25-20-16(21(31)32-5-2)12(3)17(34-20)18(24)30/h4,6-8,10H,1,5,9,11H2,2-3H3,(H2,24,30)(H,25,29). The second-order valence-corrected chi connectivity index (χ2v) is 9.30. The maximum atomic E-state index is 12.7. The van der Waals surface area contributed by atoms with Crippen LogP contribution in [0.3, 0.4) is 0 Å².